The highest BCUT2D eigenvalue weighted by molar-refractivity contribution is 6.30. The van der Waals surface area contributed by atoms with Crippen molar-refractivity contribution in [3.05, 3.63) is 64.2 Å². The van der Waals surface area contributed by atoms with Crippen molar-refractivity contribution < 1.29 is 9.53 Å². The van der Waals surface area contributed by atoms with Gasteiger partial charge in [-0.05, 0) is 48.7 Å². The number of anilines is 1. The van der Waals surface area contributed by atoms with Gasteiger partial charge < -0.3 is 10.1 Å². The van der Waals surface area contributed by atoms with E-state index in [-0.39, 0.29) is 12.0 Å². The van der Waals surface area contributed by atoms with Crippen LogP contribution < -0.4 is 5.32 Å². The Bertz CT molecular complexity index is 746. The molecule has 2 aromatic rings. The van der Waals surface area contributed by atoms with Crippen LogP contribution in [0.1, 0.15) is 22.8 Å². The standard InChI is InChI=1S/C20H23ClN2O2/c1-14-4-3-5-18(15(14)2)22-20(24)13-23-10-11-25-19(12-23)16-6-8-17(21)9-7-16/h3-9,19H,10-13H2,1-2H3,(H,22,24). The number of halogens is 1. The van der Waals surface area contributed by atoms with Gasteiger partial charge in [-0.2, -0.15) is 0 Å². The fraction of sp³-hybridized carbons (Fsp3) is 0.350. The van der Waals surface area contributed by atoms with Crippen molar-refractivity contribution >= 4 is 23.2 Å². The predicted molar refractivity (Wildman–Crippen MR) is 101 cm³/mol. The Morgan fingerprint density at radius 2 is 2.00 bits per heavy atom. The minimum absolute atomic E-state index is 0.00505. The van der Waals surface area contributed by atoms with Gasteiger partial charge in [-0.15, -0.1) is 0 Å². The zero-order valence-corrected chi connectivity index (χ0v) is 15.3. The van der Waals surface area contributed by atoms with E-state index in [4.69, 9.17) is 16.3 Å². The maximum Gasteiger partial charge on any atom is 0.238 e. The number of carbonyl (C=O) groups is 1. The Balaban J connectivity index is 1.59. The molecule has 1 aliphatic heterocycles. The summed E-state index contributed by atoms with van der Waals surface area (Å²) in [6.45, 7) is 6.50. The Labute approximate surface area is 153 Å². The number of hydrogen-bond donors (Lipinski definition) is 1. The molecule has 1 atom stereocenters. The van der Waals surface area contributed by atoms with E-state index >= 15 is 0 Å². The fourth-order valence-electron chi connectivity index (χ4n) is 3.00. The molecule has 1 amide bonds. The van der Waals surface area contributed by atoms with Gasteiger partial charge in [0.05, 0.1) is 19.3 Å². The van der Waals surface area contributed by atoms with Crippen LogP contribution in [0.4, 0.5) is 5.69 Å². The number of morpholine rings is 1. The molecular formula is C20H23ClN2O2. The van der Waals surface area contributed by atoms with Gasteiger partial charge in [-0.1, -0.05) is 35.9 Å². The van der Waals surface area contributed by atoms with Crippen LogP contribution in [-0.2, 0) is 9.53 Å². The third-order valence-corrected chi connectivity index (χ3v) is 4.89. The molecule has 0 aliphatic carbocycles. The van der Waals surface area contributed by atoms with Gasteiger partial charge in [-0.3, -0.25) is 9.69 Å². The lowest BCUT2D eigenvalue weighted by Crippen LogP contribution is -2.42. The minimum atomic E-state index is -0.0282. The number of benzene rings is 2. The lowest BCUT2D eigenvalue weighted by molar-refractivity contribution is -0.119. The fourth-order valence-corrected chi connectivity index (χ4v) is 3.13. The van der Waals surface area contributed by atoms with Crippen molar-refractivity contribution in [3.63, 3.8) is 0 Å². The summed E-state index contributed by atoms with van der Waals surface area (Å²) in [6.07, 6.45) is -0.0282. The molecule has 1 N–H and O–H groups in total. The third-order valence-electron chi connectivity index (χ3n) is 4.64. The number of nitrogens with zero attached hydrogens (tertiary/aromatic N) is 1. The normalized spacial score (nSPS) is 18.1. The quantitative estimate of drug-likeness (QED) is 0.899. The molecule has 2 aromatic carbocycles. The van der Waals surface area contributed by atoms with Gasteiger partial charge in [-0.25, -0.2) is 0 Å². The summed E-state index contributed by atoms with van der Waals surface area (Å²) < 4.78 is 5.85. The number of ether oxygens (including phenoxy) is 1. The number of nitrogens with one attached hydrogen (secondary N) is 1. The van der Waals surface area contributed by atoms with Crippen molar-refractivity contribution in [2.45, 2.75) is 20.0 Å². The first-order valence-electron chi connectivity index (χ1n) is 8.48. The van der Waals surface area contributed by atoms with Crippen LogP contribution in [0.25, 0.3) is 0 Å². The summed E-state index contributed by atoms with van der Waals surface area (Å²) in [5, 5.41) is 3.73. The molecule has 1 saturated heterocycles. The summed E-state index contributed by atoms with van der Waals surface area (Å²) in [5.74, 6) is 0.00505. The van der Waals surface area contributed by atoms with Crippen LogP contribution in [0, 0.1) is 13.8 Å². The molecule has 5 heteroatoms. The second-order valence-corrected chi connectivity index (χ2v) is 6.88. The average molecular weight is 359 g/mol. The Morgan fingerprint density at radius 3 is 2.76 bits per heavy atom. The van der Waals surface area contributed by atoms with Crippen LogP contribution >= 0.6 is 11.6 Å². The average Bonchev–Trinajstić information content (AvgIpc) is 2.60. The zero-order chi connectivity index (χ0) is 17.8. The van der Waals surface area contributed by atoms with Crippen LogP contribution in [0.15, 0.2) is 42.5 Å². The molecule has 1 fully saturated rings. The maximum atomic E-state index is 12.4. The molecule has 1 aliphatic rings. The highest BCUT2D eigenvalue weighted by Gasteiger charge is 2.23. The van der Waals surface area contributed by atoms with Crippen LogP contribution in [0.2, 0.25) is 5.02 Å². The van der Waals surface area contributed by atoms with E-state index in [1.807, 2.05) is 56.3 Å². The molecule has 4 nitrogen and oxygen atoms in total. The number of hydrogen-bond acceptors (Lipinski definition) is 3. The van der Waals surface area contributed by atoms with Gasteiger partial charge in [0.15, 0.2) is 0 Å². The first-order valence-corrected chi connectivity index (χ1v) is 8.86. The smallest absolute Gasteiger partial charge is 0.238 e. The lowest BCUT2D eigenvalue weighted by atomic mass is 10.1. The molecule has 132 valence electrons. The molecule has 3 rings (SSSR count). The zero-order valence-electron chi connectivity index (χ0n) is 14.6. The van der Waals surface area contributed by atoms with Crippen LogP contribution in [-0.4, -0.2) is 37.0 Å². The van der Waals surface area contributed by atoms with E-state index in [9.17, 15) is 4.79 Å². The van der Waals surface area contributed by atoms with E-state index in [1.54, 1.807) is 0 Å². The second-order valence-electron chi connectivity index (χ2n) is 6.44. The first-order chi connectivity index (χ1) is 12.0. The summed E-state index contributed by atoms with van der Waals surface area (Å²) in [7, 11) is 0. The monoisotopic (exact) mass is 358 g/mol. The number of amides is 1. The first kappa shape index (κ1) is 17.9. The highest BCUT2D eigenvalue weighted by atomic mass is 35.5. The molecular weight excluding hydrogens is 336 g/mol. The van der Waals surface area contributed by atoms with Gasteiger partial charge in [0.1, 0.15) is 0 Å². The predicted octanol–water partition coefficient (Wildman–Crippen LogP) is 3.97. The SMILES string of the molecule is Cc1cccc(NC(=O)CN2CCOC(c3ccc(Cl)cc3)C2)c1C. The molecule has 0 bridgehead atoms. The molecule has 0 aromatic heterocycles. The van der Waals surface area contributed by atoms with Crippen molar-refractivity contribution in [1.29, 1.82) is 0 Å². The largest absolute Gasteiger partial charge is 0.371 e. The molecule has 1 heterocycles. The maximum absolute atomic E-state index is 12.4. The van der Waals surface area contributed by atoms with Gasteiger partial charge in [0.25, 0.3) is 0 Å². The molecule has 0 spiro atoms. The Kier molecular flexibility index (Phi) is 5.74. The molecule has 25 heavy (non-hydrogen) atoms. The molecule has 0 saturated carbocycles. The van der Waals surface area contributed by atoms with Crippen molar-refractivity contribution in [2.75, 3.05) is 31.6 Å². The van der Waals surface area contributed by atoms with Gasteiger partial charge in [0.2, 0.25) is 5.91 Å². The summed E-state index contributed by atoms with van der Waals surface area (Å²) in [4.78, 5) is 14.5. The second kappa shape index (κ2) is 8.00. The van der Waals surface area contributed by atoms with Crippen molar-refractivity contribution in [2.24, 2.45) is 0 Å². The van der Waals surface area contributed by atoms with Gasteiger partial charge >= 0.3 is 0 Å². The van der Waals surface area contributed by atoms with Crippen LogP contribution in [0.3, 0.4) is 0 Å². The molecule has 0 radical (unpaired) electrons. The van der Waals surface area contributed by atoms with E-state index in [2.05, 4.69) is 10.2 Å². The summed E-state index contributed by atoms with van der Waals surface area (Å²) in [6, 6.07) is 13.6. The van der Waals surface area contributed by atoms with Crippen LogP contribution in [0.5, 0.6) is 0 Å². The van der Waals surface area contributed by atoms with Gasteiger partial charge in [0, 0.05) is 23.8 Å². The molecule has 1 unspecified atom stereocenters. The van der Waals surface area contributed by atoms with E-state index in [0.717, 1.165) is 23.4 Å². The van der Waals surface area contributed by atoms with E-state index in [0.29, 0.717) is 24.7 Å². The summed E-state index contributed by atoms with van der Waals surface area (Å²) in [5.41, 5.74) is 4.25. The Morgan fingerprint density at radius 1 is 1.24 bits per heavy atom. The minimum Gasteiger partial charge on any atom is -0.371 e. The van der Waals surface area contributed by atoms with E-state index < -0.39 is 0 Å². The highest BCUT2D eigenvalue weighted by Crippen LogP contribution is 2.24. The third kappa shape index (κ3) is 4.60. The van der Waals surface area contributed by atoms with Crippen molar-refractivity contribution in [1.82, 2.24) is 4.90 Å². The van der Waals surface area contributed by atoms with E-state index in [1.165, 1.54) is 5.56 Å². The van der Waals surface area contributed by atoms with Crippen molar-refractivity contribution in [3.8, 4) is 0 Å². The topological polar surface area (TPSA) is 41.6 Å². The summed E-state index contributed by atoms with van der Waals surface area (Å²) >= 11 is 5.94. The Hall–Kier alpha value is -1.88. The lowest BCUT2D eigenvalue weighted by Gasteiger charge is -2.32. The number of aryl methyl sites for hydroxylation is 1. The number of rotatable bonds is 4. The number of carbonyl (C=O) groups excluding carboxylic acids is 1.